The molecule has 0 radical (unpaired) electrons. The number of carbonyl (C=O) groups is 1. The van der Waals surface area contributed by atoms with Crippen molar-refractivity contribution in [1.29, 1.82) is 0 Å². The second-order valence-corrected chi connectivity index (χ2v) is 2.71. The molecule has 1 fully saturated rings. The summed E-state index contributed by atoms with van der Waals surface area (Å²) in [5.74, 6) is 0.0401. The summed E-state index contributed by atoms with van der Waals surface area (Å²) >= 11 is 0. The van der Waals surface area contributed by atoms with E-state index < -0.39 is 5.91 Å². The average molecular weight is 159 g/mol. The average Bonchev–Trinajstić information content (AvgIpc) is 2.39. The van der Waals surface area contributed by atoms with Crippen molar-refractivity contribution in [2.24, 2.45) is 11.7 Å². The van der Waals surface area contributed by atoms with Crippen LogP contribution in [0.3, 0.4) is 0 Å². The molecule has 2 N–H and O–H groups in total. The summed E-state index contributed by atoms with van der Waals surface area (Å²) < 4.78 is 10.1. The Labute approximate surface area is 65.7 Å². The van der Waals surface area contributed by atoms with Gasteiger partial charge >= 0.3 is 0 Å². The summed E-state index contributed by atoms with van der Waals surface area (Å²) in [5.41, 5.74) is 4.88. The van der Waals surface area contributed by atoms with Crippen LogP contribution in [0.25, 0.3) is 0 Å². The zero-order chi connectivity index (χ0) is 8.10. The maximum Gasteiger partial charge on any atom is 0.243 e. The molecule has 1 atom stereocenters. The first-order chi connectivity index (χ1) is 5.29. The van der Waals surface area contributed by atoms with Gasteiger partial charge in [0.15, 0.2) is 0 Å². The second kappa shape index (κ2) is 4.31. The zero-order valence-electron chi connectivity index (χ0n) is 6.41. The molecule has 1 aliphatic heterocycles. The molecule has 0 aliphatic carbocycles. The Bertz CT molecular complexity index is 132. The highest BCUT2D eigenvalue weighted by molar-refractivity contribution is 5.74. The molecule has 11 heavy (non-hydrogen) atoms. The minimum atomic E-state index is -0.413. The van der Waals surface area contributed by atoms with Gasteiger partial charge in [-0.15, -0.1) is 0 Å². The SMILES string of the molecule is NC(=O)COCC1CCOC1. The van der Waals surface area contributed by atoms with E-state index in [0.717, 1.165) is 19.6 Å². The Morgan fingerprint density at radius 3 is 3.09 bits per heavy atom. The first-order valence-electron chi connectivity index (χ1n) is 3.73. The van der Waals surface area contributed by atoms with Gasteiger partial charge < -0.3 is 15.2 Å². The van der Waals surface area contributed by atoms with Gasteiger partial charge in [0.25, 0.3) is 0 Å². The molecule has 0 aromatic carbocycles. The van der Waals surface area contributed by atoms with Crippen molar-refractivity contribution >= 4 is 5.91 Å². The van der Waals surface area contributed by atoms with Gasteiger partial charge in [-0.25, -0.2) is 0 Å². The van der Waals surface area contributed by atoms with Crippen LogP contribution in [0.5, 0.6) is 0 Å². The molecule has 1 saturated heterocycles. The smallest absolute Gasteiger partial charge is 0.243 e. The molecule has 0 aromatic rings. The van der Waals surface area contributed by atoms with E-state index in [2.05, 4.69) is 0 Å². The fourth-order valence-corrected chi connectivity index (χ4v) is 1.04. The lowest BCUT2D eigenvalue weighted by atomic mass is 10.1. The topological polar surface area (TPSA) is 61.6 Å². The molecule has 4 nitrogen and oxygen atoms in total. The molecule has 4 heteroatoms. The maximum absolute atomic E-state index is 10.2. The van der Waals surface area contributed by atoms with Crippen molar-refractivity contribution in [3.8, 4) is 0 Å². The summed E-state index contributed by atoms with van der Waals surface area (Å²) in [5, 5.41) is 0. The van der Waals surface area contributed by atoms with Crippen molar-refractivity contribution in [2.45, 2.75) is 6.42 Å². The Morgan fingerprint density at radius 1 is 1.73 bits per heavy atom. The van der Waals surface area contributed by atoms with E-state index in [1.807, 2.05) is 0 Å². The van der Waals surface area contributed by atoms with Gasteiger partial charge in [-0.05, 0) is 6.42 Å². The van der Waals surface area contributed by atoms with Gasteiger partial charge in [-0.3, -0.25) is 4.79 Å². The minimum Gasteiger partial charge on any atom is -0.381 e. The molecule has 1 unspecified atom stereocenters. The van der Waals surface area contributed by atoms with E-state index in [9.17, 15) is 4.79 Å². The van der Waals surface area contributed by atoms with Crippen molar-refractivity contribution in [2.75, 3.05) is 26.4 Å². The van der Waals surface area contributed by atoms with Crippen molar-refractivity contribution in [1.82, 2.24) is 0 Å². The van der Waals surface area contributed by atoms with E-state index >= 15 is 0 Å². The molecule has 1 aliphatic rings. The van der Waals surface area contributed by atoms with Gasteiger partial charge in [-0.2, -0.15) is 0 Å². The third kappa shape index (κ3) is 3.34. The molecule has 0 bridgehead atoms. The number of amides is 1. The molecule has 1 rings (SSSR count). The first kappa shape index (κ1) is 8.49. The highest BCUT2D eigenvalue weighted by atomic mass is 16.5. The van der Waals surface area contributed by atoms with Gasteiger partial charge in [0.1, 0.15) is 6.61 Å². The predicted molar refractivity (Wildman–Crippen MR) is 38.9 cm³/mol. The Balaban J connectivity index is 1.98. The van der Waals surface area contributed by atoms with Gasteiger partial charge in [0.2, 0.25) is 5.91 Å². The Hall–Kier alpha value is -0.610. The standard InChI is InChI=1S/C7H13NO3/c8-7(9)5-11-4-6-1-2-10-3-6/h6H,1-5H2,(H2,8,9). The van der Waals surface area contributed by atoms with Crippen molar-refractivity contribution < 1.29 is 14.3 Å². The molecule has 0 spiro atoms. The summed E-state index contributed by atoms with van der Waals surface area (Å²) in [4.78, 5) is 10.2. The van der Waals surface area contributed by atoms with E-state index in [4.69, 9.17) is 15.2 Å². The fourth-order valence-electron chi connectivity index (χ4n) is 1.04. The first-order valence-corrected chi connectivity index (χ1v) is 3.73. The quantitative estimate of drug-likeness (QED) is 0.603. The number of hydrogen-bond acceptors (Lipinski definition) is 3. The van der Waals surface area contributed by atoms with Crippen LogP contribution in [0, 0.1) is 5.92 Å². The van der Waals surface area contributed by atoms with E-state index in [1.165, 1.54) is 0 Å². The van der Waals surface area contributed by atoms with Crippen LogP contribution in [0.15, 0.2) is 0 Å². The maximum atomic E-state index is 10.2. The van der Waals surface area contributed by atoms with Crippen LogP contribution < -0.4 is 5.73 Å². The van der Waals surface area contributed by atoms with Crippen LogP contribution in [-0.2, 0) is 14.3 Å². The van der Waals surface area contributed by atoms with Crippen LogP contribution in [0.1, 0.15) is 6.42 Å². The number of primary amides is 1. The lowest BCUT2D eigenvalue weighted by Gasteiger charge is -2.05. The third-order valence-electron chi connectivity index (χ3n) is 1.62. The number of hydrogen-bond donors (Lipinski definition) is 1. The lowest BCUT2D eigenvalue weighted by molar-refractivity contribution is -0.122. The Morgan fingerprint density at radius 2 is 2.55 bits per heavy atom. The number of ether oxygens (including phenoxy) is 2. The summed E-state index contributed by atoms with van der Waals surface area (Å²) in [7, 11) is 0. The lowest BCUT2D eigenvalue weighted by Crippen LogP contribution is -2.20. The second-order valence-electron chi connectivity index (χ2n) is 2.71. The monoisotopic (exact) mass is 159 g/mol. The summed E-state index contributed by atoms with van der Waals surface area (Å²) in [6.45, 7) is 2.17. The highest BCUT2D eigenvalue weighted by Gasteiger charge is 2.15. The normalized spacial score (nSPS) is 23.8. The molecular formula is C7H13NO3. The van der Waals surface area contributed by atoms with Crippen LogP contribution in [0.4, 0.5) is 0 Å². The van der Waals surface area contributed by atoms with E-state index in [1.54, 1.807) is 0 Å². The van der Waals surface area contributed by atoms with Gasteiger partial charge in [0, 0.05) is 12.5 Å². The predicted octanol–water partition coefficient (Wildman–Crippen LogP) is -0.475. The Kier molecular flexibility index (Phi) is 3.32. The molecular weight excluding hydrogens is 146 g/mol. The van der Waals surface area contributed by atoms with Gasteiger partial charge in [-0.1, -0.05) is 0 Å². The molecule has 1 amide bonds. The zero-order valence-corrected chi connectivity index (χ0v) is 6.41. The molecule has 0 saturated carbocycles. The highest BCUT2D eigenvalue weighted by Crippen LogP contribution is 2.11. The number of nitrogens with two attached hydrogens (primary N) is 1. The minimum absolute atomic E-state index is 0.0243. The summed E-state index contributed by atoms with van der Waals surface area (Å²) in [6, 6.07) is 0. The number of rotatable bonds is 4. The van der Waals surface area contributed by atoms with E-state index in [-0.39, 0.29) is 6.61 Å². The fraction of sp³-hybridized carbons (Fsp3) is 0.857. The third-order valence-corrected chi connectivity index (χ3v) is 1.62. The van der Waals surface area contributed by atoms with Crippen LogP contribution in [-0.4, -0.2) is 32.3 Å². The van der Waals surface area contributed by atoms with Gasteiger partial charge in [0.05, 0.1) is 13.2 Å². The molecule has 1 heterocycles. The molecule has 0 aromatic heterocycles. The van der Waals surface area contributed by atoms with Crippen LogP contribution >= 0.6 is 0 Å². The van der Waals surface area contributed by atoms with Crippen molar-refractivity contribution in [3.63, 3.8) is 0 Å². The molecule has 64 valence electrons. The summed E-state index contributed by atoms with van der Waals surface area (Å²) in [6.07, 6.45) is 1.03. The van der Waals surface area contributed by atoms with E-state index in [0.29, 0.717) is 12.5 Å². The largest absolute Gasteiger partial charge is 0.381 e. The van der Waals surface area contributed by atoms with Crippen LogP contribution in [0.2, 0.25) is 0 Å². The number of carbonyl (C=O) groups excluding carboxylic acids is 1. The van der Waals surface area contributed by atoms with Crippen molar-refractivity contribution in [3.05, 3.63) is 0 Å².